The van der Waals surface area contributed by atoms with Gasteiger partial charge in [-0.1, -0.05) is 56.0 Å². The molecule has 1 N–H and O–H groups in total. The van der Waals surface area contributed by atoms with Gasteiger partial charge in [-0.25, -0.2) is 0 Å². The van der Waals surface area contributed by atoms with Crippen molar-refractivity contribution in [1.82, 2.24) is 5.32 Å². The van der Waals surface area contributed by atoms with E-state index in [0.29, 0.717) is 0 Å². The van der Waals surface area contributed by atoms with Crippen LogP contribution in [0.2, 0.25) is 0 Å². The maximum Gasteiger partial charge on any atom is 0.0949 e. The summed E-state index contributed by atoms with van der Waals surface area (Å²) in [6, 6.07) is 8.73. The monoisotopic (exact) mass is 261 g/mol. The number of benzene rings is 1. The topological polar surface area (TPSA) is 21.3 Å². The summed E-state index contributed by atoms with van der Waals surface area (Å²) >= 11 is 0. The van der Waals surface area contributed by atoms with Crippen molar-refractivity contribution in [1.29, 1.82) is 0 Å². The zero-order valence-corrected chi connectivity index (χ0v) is 12.3. The Bertz CT molecular complexity index is 356. The lowest BCUT2D eigenvalue weighted by molar-refractivity contribution is 0.0375. The van der Waals surface area contributed by atoms with Crippen molar-refractivity contribution >= 4 is 0 Å². The summed E-state index contributed by atoms with van der Waals surface area (Å²) < 4.78 is 6.11. The van der Waals surface area contributed by atoms with Gasteiger partial charge in [0.15, 0.2) is 0 Å². The van der Waals surface area contributed by atoms with Gasteiger partial charge in [0.2, 0.25) is 0 Å². The normalized spacial score (nSPS) is 17.2. The molecule has 1 saturated carbocycles. The highest BCUT2D eigenvalue weighted by Gasteiger charge is 2.18. The van der Waals surface area contributed by atoms with E-state index in [1.807, 2.05) is 0 Å². The van der Waals surface area contributed by atoms with Crippen LogP contribution < -0.4 is 5.32 Å². The number of ether oxygens (including phenoxy) is 1. The third-order valence-electron chi connectivity index (χ3n) is 4.10. The van der Waals surface area contributed by atoms with E-state index in [4.69, 9.17) is 4.74 Å². The first-order valence-corrected chi connectivity index (χ1v) is 7.68. The molecular formula is C17H27NO. The van der Waals surface area contributed by atoms with E-state index >= 15 is 0 Å². The second-order valence-electron chi connectivity index (χ2n) is 5.66. The molecule has 2 nitrogen and oxygen atoms in total. The molecule has 0 bridgehead atoms. The van der Waals surface area contributed by atoms with Crippen LogP contribution in [-0.2, 0) is 4.74 Å². The quantitative estimate of drug-likeness (QED) is 0.767. The Balaban J connectivity index is 1.84. The fourth-order valence-electron chi connectivity index (χ4n) is 2.49. The predicted molar refractivity (Wildman–Crippen MR) is 80.4 cm³/mol. The standard InChI is InChI=1S/C17H27NO/c1-3-18-13-17(16-9-7-14(2)8-10-16)19-12-11-15-5-4-6-15/h7-10,15,17-18H,3-6,11-13H2,1-2H3. The molecule has 106 valence electrons. The third kappa shape index (κ3) is 4.63. The molecule has 0 amide bonds. The van der Waals surface area contributed by atoms with E-state index in [0.717, 1.165) is 25.6 Å². The minimum atomic E-state index is 0.195. The highest BCUT2D eigenvalue weighted by molar-refractivity contribution is 5.23. The van der Waals surface area contributed by atoms with E-state index in [2.05, 4.69) is 43.4 Å². The zero-order chi connectivity index (χ0) is 13.5. The zero-order valence-electron chi connectivity index (χ0n) is 12.3. The second-order valence-corrected chi connectivity index (χ2v) is 5.66. The molecule has 0 saturated heterocycles. The molecule has 0 aromatic heterocycles. The average molecular weight is 261 g/mol. The largest absolute Gasteiger partial charge is 0.372 e. The van der Waals surface area contributed by atoms with E-state index < -0.39 is 0 Å². The van der Waals surface area contributed by atoms with Crippen LogP contribution in [-0.4, -0.2) is 19.7 Å². The minimum absolute atomic E-state index is 0.195. The number of hydrogen-bond acceptors (Lipinski definition) is 2. The van der Waals surface area contributed by atoms with Crippen LogP contribution in [0.5, 0.6) is 0 Å². The molecule has 1 atom stereocenters. The molecule has 1 aromatic rings. The van der Waals surface area contributed by atoms with E-state index in [-0.39, 0.29) is 6.10 Å². The Morgan fingerprint density at radius 3 is 2.58 bits per heavy atom. The van der Waals surface area contributed by atoms with E-state index in [1.165, 1.54) is 36.8 Å². The van der Waals surface area contributed by atoms with Gasteiger partial charge in [-0.2, -0.15) is 0 Å². The number of nitrogens with one attached hydrogen (secondary N) is 1. The second kappa shape index (κ2) is 7.66. The van der Waals surface area contributed by atoms with Gasteiger partial charge >= 0.3 is 0 Å². The summed E-state index contributed by atoms with van der Waals surface area (Å²) in [6.07, 6.45) is 5.66. The van der Waals surface area contributed by atoms with Crippen LogP contribution in [0.25, 0.3) is 0 Å². The lowest BCUT2D eigenvalue weighted by Crippen LogP contribution is -2.24. The van der Waals surface area contributed by atoms with E-state index in [9.17, 15) is 0 Å². The molecule has 0 aliphatic heterocycles. The number of rotatable bonds is 8. The fraction of sp³-hybridized carbons (Fsp3) is 0.647. The summed E-state index contributed by atoms with van der Waals surface area (Å²) in [7, 11) is 0. The molecule has 0 heterocycles. The van der Waals surface area contributed by atoms with Gasteiger partial charge in [-0.15, -0.1) is 0 Å². The van der Waals surface area contributed by atoms with E-state index in [1.54, 1.807) is 0 Å². The van der Waals surface area contributed by atoms with Crippen LogP contribution in [0.15, 0.2) is 24.3 Å². The van der Waals surface area contributed by atoms with Gasteiger partial charge in [-0.3, -0.25) is 0 Å². The van der Waals surface area contributed by atoms with Crippen molar-refractivity contribution in [2.75, 3.05) is 19.7 Å². The van der Waals surface area contributed by atoms with Crippen LogP contribution >= 0.6 is 0 Å². The van der Waals surface area contributed by atoms with Gasteiger partial charge < -0.3 is 10.1 Å². The van der Waals surface area contributed by atoms with Gasteiger partial charge in [-0.05, 0) is 31.4 Å². The Labute approximate surface area is 117 Å². The summed E-state index contributed by atoms with van der Waals surface area (Å²) in [4.78, 5) is 0. The van der Waals surface area contributed by atoms with Crippen LogP contribution in [0.3, 0.4) is 0 Å². The molecule has 0 spiro atoms. The first-order valence-electron chi connectivity index (χ1n) is 7.68. The molecule has 1 aliphatic carbocycles. The molecular weight excluding hydrogens is 234 g/mol. The Morgan fingerprint density at radius 1 is 1.26 bits per heavy atom. The van der Waals surface area contributed by atoms with Crippen molar-refractivity contribution in [3.05, 3.63) is 35.4 Å². The van der Waals surface area contributed by atoms with Crippen molar-refractivity contribution in [3.8, 4) is 0 Å². The highest BCUT2D eigenvalue weighted by Crippen LogP contribution is 2.30. The minimum Gasteiger partial charge on any atom is -0.372 e. The molecule has 2 rings (SSSR count). The Kier molecular flexibility index (Phi) is 5.87. The van der Waals surface area contributed by atoms with Gasteiger partial charge in [0.25, 0.3) is 0 Å². The summed E-state index contributed by atoms with van der Waals surface area (Å²) in [5.41, 5.74) is 2.60. The van der Waals surface area contributed by atoms with Crippen molar-refractivity contribution < 1.29 is 4.74 Å². The summed E-state index contributed by atoms with van der Waals surface area (Å²) in [5.74, 6) is 0.929. The summed E-state index contributed by atoms with van der Waals surface area (Å²) in [5, 5.41) is 3.40. The van der Waals surface area contributed by atoms with Gasteiger partial charge in [0.05, 0.1) is 6.10 Å². The highest BCUT2D eigenvalue weighted by atomic mass is 16.5. The molecule has 1 aliphatic rings. The molecule has 2 heteroatoms. The number of likely N-dealkylation sites (N-methyl/N-ethyl adjacent to an activating group) is 1. The predicted octanol–water partition coefficient (Wildman–Crippen LogP) is 3.85. The third-order valence-corrected chi connectivity index (χ3v) is 4.10. The fourth-order valence-corrected chi connectivity index (χ4v) is 2.49. The molecule has 19 heavy (non-hydrogen) atoms. The Morgan fingerprint density at radius 2 is 2.00 bits per heavy atom. The first-order chi connectivity index (χ1) is 9.29. The van der Waals surface area contributed by atoms with Crippen molar-refractivity contribution in [3.63, 3.8) is 0 Å². The number of aryl methyl sites for hydroxylation is 1. The SMILES string of the molecule is CCNCC(OCCC1CCC1)c1ccc(C)cc1. The summed E-state index contributed by atoms with van der Waals surface area (Å²) in [6.45, 7) is 7.06. The van der Waals surface area contributed by atoms with Crippen LogP contribution in [0.1, 0.15) is 49.8 Å². The Hall–Kier alpha value is -0.860. The lowest BCUT2D eigenvalue weighted by atomic mass is 9.83. The average Bonchev–Trinajstić information content (AvgIpc) is 2.37. The van der Waals surface area contributed by atoms with Crippen LogP contribution in [0.4, 0.5) is 0 Å². The maximum atomic E-state index is 6.11. The van der Waals surface area contributed by atoms with Gasteiger partial charge in [0, 0.05) is 13.2 Å². The molecule has 1 aromatic carbocycles. The molecule has 1 fully saturated rings. The van der Waals surface area contributed by atoms with Crippen LogP contribution in [0, 0.1) is 12.8 Å². The molecule has 1 unspecified atom stereocenters. The first kappa shape index (κ1) is 14.5. The maximum absolute atomic E-state index is 6.11. The van der Waals surface area contributed by atoms with Crippen molar-refractivity contribution in [2.24, 2.45) is 5.92 Å². The van der Waals surface area contributed by atoms with Gasteiger partial charge in [0.1, 0.15) is 0 Å². The number of hydrogen-bond donors (Lipinski definition) is 1. The smallest absolute Gasteiger partial charge is 0.0949 e. The molecule has 0 radical (unpaired) electrons. The van der Waals surface area contributed by atoms with Crippen molar-refractivity contribution in [2.45, 2.75) is 45.6 Å². The lowest BCUT2D eigenvalue weighted by Gasteiger charge is -2.26.